The predicted octanol–water partition coefficient (Wildman–Crippen LogP) is 13.5. The molecule has 3 heteroatoms. The minimum atomic E-state index is -0.0728. The van der Waals surface area contributed by atoms with Crippen LogP contribution in [0.4, 0.5) is 34.3 Å². The van der Waals surface area contributed by atoms with Crippen molar-refractivity contribution in [2.45, 2.75) is 26.2 Å². The lowest BCUT2D eigenvalue weighted by molar-refractivity contribution is 0.660. The van der Waals surface area contributed by atoms with Crippen LogP contribution in [-0.2, 0) is 5.41 Å². The van der Waals surface area contributed by atoms with Crippen LogP contribution in [0.1, 0.15) is 30.5 Å². The summed E-state index contributed by atoms with van der Waals surface area (Å²) in [5.74, 6) is 0.872. The third-order valence-electron chi connectivity index (χ3n) is 10.6. The fraction of sp³-hybridized carbons (Fsp3) is 0.0816. The number of aryl methyl sites for hydroxylation is 1. The molecule has 1 aromatic heterocycles. The van der Waals surface area contributed by atoms with Crippen molar-refractivity contribution in [3.05, 3.63) is 199 Å². The van der Waals surface area contributed by atoms with Gasteiger partial charge >= 0.3 is 0 Å². The van der Waals surface area contributed by atoms with Crippen LogP contribution in [0.3, 0.4) is 0 Å². The second-order valence-electron chi connectivity index (χ2n) is 14.2. The van der Waals surface area contributed by atoms with Crippen LogP contribution in [0.2, 0.25) is 0 Å². The number of hydrogen-bond donors (Lipinski definition) is 0. The maximum atomic E-state index is 5.04. The summed E-state index contributed by atoms with van der Waals surface area (Å²) in [5.41, 5.74) is 14.3. The molecule has 0 fully saturated rings. The zero-order chi connectivity index (χ0) is 35.2. The Kier molecular flexibility index (Phi) is 7.70. The van der Waals surface area contributed by atoms with E-state index in [4.69, 9.17) is 4.98 Å². The lowest BCUT2D eigenvalue weighted by Crippen LogP contribution is -2.16. The molecule has 0 aliphatic heterocycles. The van der Waals surface area contributed by atoms with Crippen LogP contribution in [0, 0.1) is 6.92 Å². The molecule has 0 saturated carbocycles. The number of benzene rings is 7. The van der Waals surface area contributed by atoms with Crippen molar-refractivity contribution in [3.63, 3.8) is 0 Å². The Labute approximate surface area is 306 Å². The van der Waals surface area contributed by atoms with Gasteiger partial charge in [0.15, 0.2) is 0 Å². The number of hydrogen-bond acceptors (Lipinski definition) is 3. The topological polar surface area (TPSA) is 19.4 Å². The number of aromatic nitrogens is 1. The molecule has 0 unspecified atom stereocenters. The number of fused-ring (bicyclic) bond motifs is 4. The molecule has 1 aliphatic rings. The van der Waals surface area contributed by atoms with Crippen LogP contribution < -0.4 is 9.80 Å². The highest BCUT2D eigenvalue weighted by Gasteiger charge is 2.35. The molecule has 7 aromatic carbocycles. The second kappa shape index (κ2) is 12.7. The molecular weight excluding hydrogens is 631 g/mol. The quantitative estimate of drug-likeness (QED) is 0.168. The van der Waals surface area contributed by atoms with Crippen LogP contribution >= 0.6 is 0 Å². The molecule has 0 N–H and O–H groups in total. The Balaban J connectivity index is 1.05. The van der Waals surface area contributed by atoms with Gasteiger partial charge in [-0.25, -0.2) is 4.98 Å². The predicted molar refractivity (Wildman–Crippen MR) is 219 cm³/mol. The molecule has 1 aliphatic carbocycles. The maximum absolute atomic E-state index is 5.04. The van der Waals surface area contributed by atoms with Gasteiger partial charge in [0.25, 0.3) is 0 Å². The molecule has 1 heterocycles. The zero-order valence-electron chi connectivity index (χ0n) is 29.7. The Morgan fingerprint density at radius 3 is 1.77 bits per heavy atom. The van der Waals surface area contributed by atoms with Gasteiger partial charge in [0, 0.05) is 45.6 Å². The van der Waals surface area contributed by atoms with Crippen molar-refractivity contribution >= 4 is 45.0 Å². The first-order chi connectivity index (χ1) is 25.4. The molecular formula is C49H39N3. The first-order valence-corrected chi connectivity index (χ1v) is 18.0. The normalized spacial score (nSPS) is 12.7. The van der Waals surface area contributed by atoms with Crippen molar-refractivity contribution in [3.8, 4) is 22.3 Å². The number of rotatable bonds is 7. The molecule has 8 aromatic rings. The van der Waals surface area contributed by atoms with Gasteiger partial charge in [-0.3, -0.25) is 4.90 Å². The van der Waals surface area contributed by atoms with E-state index in [1.165, 1.54) is 38.6 Å². The average Bonchev–Trinajstić information content (AvgIpc) is 3.42. The largest absolute Gasteiger partial charge is 0.310 e. The van der Waals surface area contributed by atoms with E-state index in [0.717, 1.165) is 45.4 Å². The highest BCUT2D eigenvalue weighted by molar-refractivity contribution is 5.89. The first-order valence-electron chi connectivity index (χ1n) is 18.0. The van der Waals surface area contributed by atoms with Gasteiger partial charge in [-0.2, -0.15) is 0 Å². The fourth-order valence-corrected chi connectivity index (χ4v) is 7.77. The Morgan fingerprint density at radius 2 is 1.00 bits per heavy atom. The van der Waals surface area contributed by atoms with Gasteiger partial charge in [-0.05, 0) is 118 Å². The molecule has 0 bridgehead atoms. The first kappa shape index (κ1) is 31.5. The average molecular weight is 670 g/mol. The van der Waals surface area contributed by atoms with Gasteiger partial charge in [0.1, 0.15) is 5.82 Å². The summed E-state index contributed by atoms with van der Waals surface area (Å²) >= 11 is 0. The van der Waals surface area contributed by atoms with Crippen LogP contribution in [0.15, 0.2) is 182 Å². The van der Waals surface area contributed by atoms with Crippen molar-refractivity contribution in [1.29, 1.82) is 0 Å². The summed E-state index contributed by atoms with van der Waals surface area (Å²) in [6.07, 6.45) is 1.99. The number of nitrogens with zero attached hydrogens (tertiary/aromatic N) is 3. The Morgan fingerprint density at radius 1 is 0.423 bits per heavy atom. The van der Waals surface area contributed by atoms with E-state index >= 15 is 0 Å². The molecule has 0 atom stereocenters. The van der Waals surface area contributed by atoms with Gasteiger partial charge in [0.2, 0.25) is 0 Å². The smallest absolute Gasteiger partial charge is 0.137 e. The van der Waals surface area contributed by atoms with E-state index in [-0.39, 0.29) is 5.41 Å². The van der Waals surface area contributed by atoms with Crippen molar-refractivity contribution in [2.24, 2.45) is 0 Å². The van der Waals surface area contributed by atoms with Gasteiger partial charge in [-0.15, -0.1) is 0 Å². The standard InChI is InChI=1S/C49H39N3/c1-34-17-23-41(24-18-34)52(42-27-21-35-11-7-8-12-37(35)31-42)48-30-22-38(33-50-48)36-19-25-40(26-20-36)51(39-13-5-4-6-14-39)43-28-29-45-44-15-9-10-16-46(44)49(2,3)47(45)32-43/h4-33H,1-3H3. The van der Waals surface area contributed by atoms with E-state index in [1.54, 1.807) is 0 Å². The summed E-state index contributed by atoms with van der Waals surface area (Å²) in [4.78, 5) is 9.63. The number of anilines is 6. The number of pyridine rings is 1. The van der Waals surface area contributed by atoms with Crippen molar-refractivity contribution < 1.29 is 0 Å². The SMILES string of the molecule is Cc1ccc(N(c2ccc3ccccc3c2)c2ccc(-c3ccc(N(c4ccccc4)c4ccc5c(c4)C(C)(C)c4ccccc4-5)cc3)cn2)cc1. The summed E-state index contributed by atoms with van der Waals surface area (Å²) < 4.78 is 0. The molecule has 9 rings (SSSR count). The van der Waals surface area contributed by atoms with E-state index in [1.807, 2.05) is 6.20 Å². The van der Waals surface area contributed by atoms with Crippen molar-refractivity contribution in [2.75, 3.05) is 9.80 Å². The van der Waals surface area contributed by atoms with Gasteiger partial charge in [0.05, 0.1) is 0 Å². The van der Waals surface area contributed by atoms with E-state index < -0.39 is 0 Å². The fourth-order valence-electron chi connectivity index (χ4n) is 7.77. The second-order valence-corrected chi connectivity index (χ2v) is 14.2. The molecule has 3 nitrogen and oxygen atoms in total. The monoisotopic (exact) mass is 669 g/mol. The third-order valence-corrected chi connectivity index (χ3v) is 10.6. The van der Waals surface area contributed by atoms with Gasteiger partial charge in [-0.1, -0.05) is 123 Å². The van der Waals surface area contributed by atoms with E-state index in [2.05, 4.69) is 206 Å². The van der Waals surface area contributed by atoms with Crippen molar-refractivity contribution in [1.82, 2.24) is 4.98 Å². The third kappa shape index (κ3) is 5.52. The molecule has 0 radical (unpaired) electrons. The summed E-state index contributed by atoms with van der Waals surface area (Å²) in [7, 11) is 0. The maximum Gasteiger partial charge on any atom is 0.137 e. The lowest BCUT2D eigenvalue weighted by Gasteiger charge is -2.28. The van der Waals surface area contributed by atoms with Crippen LogP contribution in [0.25, 0.3) is 33.0 Å². The minimum absolute atomic E-state index is 0.0728. The minimum Gasteiger partial charge on any atom is -0.310 e. The van der Waals surface area contributed by atoms with E-state index in [0.29, 0.717) is 0 Å². The Hall–Kier alpha value is -6.45. The highest BCUT2D eigenvalue weighted by atomic mass is 15.2. The molecule has 0 saturated heterocycles. The summed E-state index contributed by atoms with van der Waals surface area (Å²) in [6.45, 7) is 6.79. The van der Waals surface area contributed by atoms with Gasteiger partial charge < -0.3 is 4.90 Å². The molecule has 52 heavy (non-hydrogen) atoms. The van der Waals surface area contributed by atoms with E-state index in [9.17, 15) is 0 Å². The molecule has 0 amide bonds. The highest BCUT2D eigenvalue weighted by Crippen LogP contribution is 2.50. The molecule has 0 spiro atoms. The lowest BCUT2D eigenvalue weighted by atomic mass is 9.82. The Bertz CT molecular complexity index is 2530. The van der Waals surface area contributed by atoms with Crippen LogP contribution in [-0.4, -0.2) is 4.98 Å². The zero-order valence-corrected chi connectivity index (χ0v) is 29.7. The summed E-state index contributed by atoms with van der Waals surface area (Å²) in [6, 6.07) is 63.3. The van der Waals surface area contributed by atoms with Crippen LogP contribution in [0.5, 0.6) is 0 Å². The number of para-hydroxylation sites is 1. The summed E-state index contributed by atoms with van der Waals surface area (Å²) in [5, 5.41) is 2.42. The molecule has 250 valence electrons.